The molecule has 0 atom stereocenters. The molecule has 0 unspecified atom stereocenters. The van der Waals surface area contributed by atoms with Crippen molar-refractivity contribution in [2.24, 2.45) is 0 Å². The molecule has 2 aromatic carbocycles. The van der Waals surface area contributed by atoms with E-state index in [0.717, 1.165) is 46.4 Å². The molecule has 1 N–H and O–H groups in total. The molecule has 1 aliphatic heterocycles. The Bertz CT molecular complexity index is 1550. The zero-order chi connectivity index (χ0) is 25.9. The zero-order valence-electron chi connectivity index (χ0n) is 19.7. The van der Waals surface area contributed by atoms with Crippen LogP contribution in [0.25, 0.3) is 17.0 Å². The number of nitrogens with zero attached hydrogens (tertiary/aromatic N) is 4. The summed E-state index contributed by atoms with van der Waals surface area (Å²) in [5, 5.41) is 14.1. The molecule has 1 aliphatic rings. The number of amides is 1. The molecule has 0 spiro atoms. The van der Waals surface area contributed by atoms with Gasteiger partial charge < -0.3 is 5.32 Å². The fourth-order valence-corrected chi connectivity index (χ4v) is 5.13. The molecule has 4 aromatic rings. The first-order valence-electron chi connectivity index (χ1n) is 11.7. The normalized spacial score (nSPS) is 13.6. The van der Waals surface area contributed by atoms with Crippen LogP contribution in [0.3, 0.4) is 0 Å². The number of pyridine rings is 1. The van der Waals surface area contributed by atoms with Crippen molar-refractivity contribution < 1.29 is 4.79 Å². The van der Waals surface area contributed by atoms with Crippen molar-refractivity contribution >= 4 is 57.8 Å². The van der Waals surface area contributed by atoms with Crippen molar-refractivity contribution in [1.29, 1.82) is 5.26 Å². The van der Waals surface area contributed by atoms with E-state index in [1.54, 1.807) is 22.9 Å². The molecule has 1 amide bonds. The van der Waals surface area contributed by atoms with Gasteiger partial charge in [0.1, 0.15) is 5.15 Å². The summed E-state index contributed by atoms with van der Waals surface area (Å²) in [4.78, 5) is 19.7. The molecule has 6 nitrogen and oxygen atoms in total. The van der Waals surface area contributed by atoms with Crippen LogP contribution in [0.15, 0.2) is 60.8 Å². The minimum Gasteiger partial charge on any atom is -0.333 e. The van der Waals surface area contributed by atoms with Crippen LogP contribution in [-0.4, -0.2) is 33.6 Å². The first kappa shape index (κ1) is 25.3. The summed E-state index contributed by atoms with van der Waals surface area (Å²) < 4.78 is 1.72. The maximum atomic E-state index is 13.4. The number of carbonyl (C=O) groups is 1. The van der Waals surface area contributed by atoms with Gasteiger partial charge in [0.2, 0.25) is 0 Å². The zero-order valence-corrected chi connectivity index (χ0v) is 22.0. The summed E-state index contributed by atoms with van der Waals surface area (Å²) in [5.41, 5.74) is 5.32. The number of hydrogen-bond acceptors (Lipinski definition) is 4. The van der Waals surface area contributed by atoms with E-state index in [4.69, 9.17) is 40.1 Å². The predicted octanol–water partition coefficient (Wildman–Crippen LogP) is 6.70. The molecule has 0 saturated heterocycles. The van der Waals surface area contributed by atoms with Crippen LogP contribution >= 0.6 is 34.8 Å². The third-order valence-corrected chi connectivity index (χ3v) is 7.35. The van der Waals surface area contributed by atoms with E-state index in [2.05, 4.69) is 33.4 Å². The number of rotatable bonds is 5. The second-order valence-corrected chi connectivity index (χ2v) is 10.0. The maximum absolute atomic E-state index is 13.4. The van der Waals surface area contributed by atoms with E-state index in [1.807, 2.05) is 36.4 Å². The molecular formula is C28H22Cl3N5O. The molecule has 0 radical (unpaired) electrons. The average Bonchev–Trinajstić information content (AvgIpc) is 3.20. The van der Waals surface area contributed by atoms with Crippen LogP contribution in [0.5, 0.6) is 0 Å². The van der Waals surface area contributed by atoms with Crippen molar-refractivity contribution in [2.45, 2.75) is 19.5 Å². The standard InChI is InChI=1S/C28H22Cl3N5O/c29-23-13-21-22-17-35(10-1-2-18-3-5-19(15-32)6-4-18)11-8-25(22)36(26(21)14-24(23)30)28(37)34-16-20-7-9-33-27(31)12-20/h1-7,9,12-14H,8,10-11,16-17H2,(H,34,37)/b2-1+. The van der Waals surface area contributed by atoms with Gasteiger partial charge in [0.25, 0.3) is 0 Å². The molecule has 2 aromatic heterocycles. The van der Waals surface area contributed by atoms with E-state index >= 15 is 0 Å². The number of aromatic nitrogens is 2. The predicted molar refractivity (Wildman–Crippen MR) is 148 cm³/mol. The van der Waals surface area contributed by atoms with E-state index in [9.17, 15) is 4.79 Å². The Morgan fingerprint density at radius 3 is 2.65 bits per heavy atom. The molecule has 0 bridgehead atoms. The molecule has 3 heterocycles. The number of nitriles is 1. The lowest BCUT2D eigenvalue weighted by molar-refractivity contribution is 0.240. The summed E-state index contributed by atoms with van der Waals surface area (Å²) in [5.74, 6) is 0. The molecule has 9 heteroatoms. The third kappa shape index (κ3) is 5.51. The smallest absolute Gasteiger partial charge is 0.326 e. The Labute approximate surface area is 229 Å². The average molecular weight is 551 g/mol. The monoisotopic (exact) mass is 549 g/mol. The minimum atomic E-state index is -0.230. The van der Waals surface area contributed by atoms with E-state index in [0.29, 0.717) is 40.3 Å². The highest BCUT2D eigenvalue weighted by molar-refractivity contribution is 6.42. The van der Waals surface area contributed by atoms with Crippen LogP contribution < -0.4 is 5.32 Å². The molecular weight excluding hydrogens is 529 g/mol. The highest BCUT2D eigenvalue weighted by atomic mass is 35.5. The summed E-state index contributed by atoms with van der Waals surface area (Å²) in [6.07, 6.45) is 6.48. The molecule has 186 valence electrons. The summed E-state index contributed by atoms with van der Waals surface area (Å²) in [6.45, 7) is 2.56. The van der Waals surface area contributed by atoms with Crippen LogP contribution in [-0.2, 0) is 19.5 Å². The van der Waals surface area contributed by atoms with Crippen molar-refractivity contribution in [1.82, 2.24) is 19.8 Å². The maximum Gasteiger partial charge on any atom is 0.326 e. The number of carbonyl (C=O) groups excluding carboxylic acids is 1. The molecule has 5 rings (SSSR count). The topological polar surface area (TPSA) is 74.0 Å². The van der Waals surface area contributed by atoms with Gasteiger partial charge in [0.15, 0.2) is 0 Å². The van der Waals surface area contributed by atoms with Gasteiger partial charge in [-0.25, -0.2) is 9.78 Å². The Kier molecular flexibility index (Phi) is 7.50. The van der Waals surface area contributed by atoms with E-state index in [-0.39, 0.29) is 6.03 Å². The largest absolute Gasteiger partial charge is 0.333 e. The number of benzene rings is 2. The third-order valence-electron chi connectivity index (χ3n) is 6.42. The first-order valence-corrected chi connectivity index (χ1v) is 12.8. The molecule has 0 aliphatic carbocycles. The Balaban J connectivity index is 1.38. The SMILES string of the molecule is N#Cc1ccc(/C=C/CN2CCc3c(c4cc(Cl)c(Cl)cc4n3C(=O)NCc3ccnc(Cl)c3)C2)cc1. The summed E-state index contributed by atoms with van der Waals surface area (Å²) in [6, 6.07) is 16.5. The van der Waals surface area contributed by atoms with Gasteiger partial charge in [0, 0.05) is 49.9 Å². The molecule has 0 fully saturated rings. The molecule has 37 heavy (non-hydrogen) atoms. The number of fused-ring (bicyclic) bond motifs is 3. The fourth-order valence-electron chi connectivity index (χ4n) is 4.61. The van der Waals surface area contributed by atoms with Crippen molar-refractivity contribution in [3.8, 4) is 6.07 Å². The van der Waals surface area contributed by atoms with Crippen molar-refractivity contribution in [3.63, 3.8) is 0 Å². The van der Waals surface area contributed by atoms with Gasteiger partial charge >= 0.3 is 6.03 Å². The fraction of sp³-hybridized carbons (Fsp3) is 0.179. The first-order chi connectivity index (χ1) is 17.9. The van der Waals surface area contributed by atoms with Crippen LogP contribution in [0.1, 0.15) is 27.9 Å². The Morgan fingerprint density at radius 2 is 1.89 bits per heavy atom. The number of halogens is 3. The highest BCUT2D eigenvalue weighted by Gasteiger charge is 2.27. The van der Waals surface area contributed by atoms with E-state index in [1.165, 1.54) is 0 Å². The molecule has 0 saturated carbocycles. The van der Waals surface area contributed by atoms with Crippen molar-refractivity contribution in [2.75, 3.05) is 13.1 Å². The van der Waals surface area contributed by atoms with Gasteiger partial charge in [-0.2, -0.15) is 5.26 Å². The van der Waals surface area contributed by atoms with Gasteiger partial charge in [-0.1, -0.05) is 59.1 Å². The summed E-state index contributed by atoms with van der Waals surface area (Å²) >= 11 is 18.7. The Morgan fingerprint density at radius 1 is 1.11 bits per heavy atom. The van der Waals surface area contributed by atoms with Gasteiger partial charge in [-0.3, -0.25) is 9.47 Å². The second-order valence-electron chi connectivity index (χ2n) is 8.81. The second kappa shape index (κ2) is 11.0. The van der Waals surface area contributed by atoms with E-state index < -0.39 is 0 Å². The van der Waals surface area contributed by atoms with Gasteiger partial charge in [-0.05, 0) is 53.1 Å². The number of hydrogen-bond donors (Lipinski definition) is 1. The lowest BCUT2D eigenvalue weighted by Gasteiger charge is -2.27. The quantitative estimate of drug-likeness (QED) is 0.281. The van der Waals surface area contributed by atoms with Gasteiger partial charge in [0.05, 0.1) is 27.2 Å². The van der Waals surface area contributed by atoms with Crippen molar-refractivity contribution in [3.05, 3.63) is 104 Å². The summed E-state index contributed by atoms with van der Waals surface area (Å²) in [7, 11) is 0. The number of nitrogens with one attached hydrogen (secondary N) is 1. The lowest BCUT2D eigenvalue weighted by Crippen LogP contribution is -2.34. The Hall–Kier alpha value is -3.34. The van der Waals surface area contributed by atoms with Gasteiger partial charge in [-0.15, -0.1) is 0 Å². The minimum absolute atomic E-state index is 0.230. The highest BCUT2D eigenvalue weighted by Crippen LogP contribution is 2.36. The van der Waals surface area contributed by atoms with Crippen LogP contribution in [0, 0.1) is 11.3 Å². The van der Waals surface area contributed by atoms with Crippen LogP contribution in [0.2, 0.25) is 15.2 Å². The lowest BCUT2D eigenvalue weighted by atomic mass is 10.0. The van der Waals surface area contributed by atoms with Crippen LogP contribution in [0.4, 0.5) is 4.79 Å².